The average molecular weight is 289 g/mol. The molecule has 2 aromatic rings. The fraction of sp³-hybridized carbons (Fsp3) is 0.154. The topological polar surface area (TPSA) is 115 Å². The van der Waals surface area contributed by atoms with Gasteiger partial charge in [-0.15, -0.1) is 0 Å². The number of non-ortho nitro benzene ring substituents is 1. The fourth-order valence-electron chi connectivity index (χ4n) is 1.74. The van der Waals surface area contributed by atoms with Gasteiger partial charge < -0.3 is 5.11 Å². The third-order valence-electron chi connectivity index (χ3n) is 2.85. The summed E-state index contributed by atoms with van der Waals surface area (Å²) < 4.78 is 1.06. The SMILES string of the molecule is O=C(O)c1ccc(=O)n(CCc2ccc([N+](=O)[O-])cc2)n1. The van der Waals surface area contributed by atoms with Gasteiger partial charge in [-0.25, -0.2) is 9.48 Å². The highest BCUT2D eigenvalue weighted by atomic mass is 16.6. The molecule has 21 heavy (non-hydrogen) atoms. The van der Waals surface area contributed by atoms with Crippen LogP contribution < -0.4 is 5.56 Å². The lowest BCUT2D eigenvalue weighted by Gasteiger charge is -2.05. The van der Waals surface area contributed by atoms with E-state index in [0.29, 0.717) is 6.42 Å². The van der Waals surface area contributed by atoms with Crippen molar-refractivity contribution in [3.8, 4) is 0 Å². The second kappa shape index (κ2) is 5.95. The predicted molar refractivity (Wildman–Crippen MR) is 72.3 cm³/mol. The Kier molecular flexibility index (Phi) is 4.07. The Labute approximate surface area is 118 Å². The Morgan fingerprint density at radius 2 is 1.90 bits per heavy atom. The van der Waals surface area contributed by atoms with Gasteiger partial charge in [-0.3, -0.25) is 14.9 Å². The number of hydrogen-bond donors (Lipinski definition) is 1. The summed E-state index contributed by atoms with van der Waals surface area (Å²) in [5, 5.41) is 23.1. The van der Waals surface area contributed by atoms with Gasteiger partial charge in [0.2, 0.25) is 0 Å². The molecule has 0 atom stereocenters. The van der Waals surface area contributed by atoms with E-state index in [4.69, 9.17) is 5.11 Å². The molecule has 2 rings (SSSR count). The molecule has 8 heteroatoms. The number of carbonyl (C=O) groups is 1. The highest BCUT2D eigenvalue weighted by molar-refractivity contribution is 5.84. The normalized spacial score (nSPS) is 10.3. The molecule has 0 radical (unpaired) electrons. The number of carboxylic acid groups (broad SMARTS) is 1. The van der Waals surface area contributed by atoms with E-state index in [1.807, 2.05) is 0 Å². The molecule has 0 aliphatic heterocycles. The minimum atomic E-state index is -1.21. The predicted octanol–water partition coefficient (Wildman–Crippen LogP) is 1.09. The molecule has 0 aliphatic carbocycles. The van der Waals surface area contributed by atoms with Gasteiger partial charge in [0, 0.05) is 24.7 Å². The number of carboxylic acids is 1. The van der Waals surface area contributed by atoms with E-state index in [-0.39, 0.29) is 17.9 Å². The first-order chi connectivity index (χ1) is 9.97. The van der Waals surface area contributed by atoms with Crippen LogP contribution in [0.25, 0.3) is 0 Å². The van der Waals surface area contributed by atoms with Gasteiger partial charge in [-0.2, -0.15) is 5.10 Å². The number of rotatable bonds is 5. The van der Waals surface area contributed by atoms with Crippen LogP contribution in [0, 0.1) is 10.1 Å². The molecule has 0 fully saturated rings. The van der Waals surface area contributed by atoms with Crippen LogP contribution in [-0.2, 0) is 13.0 Å². The molecule has 1 aromatic heterocycles. The zero-order chi connectivity index (χ0) is 15.4. The average Bonchev–Trinajstić information content (AvgIpc) is 2.46. The lowest BCUT2D eigenvalue weighted by molar-refractivity contribution is -0.384. The summed E-state index contributed by atoms with van der Waals surface area (Å²) in [6.45, 7) is 0.192. The number of aromatic nitrogens is 2. The lowest BCUT2D eigenvalue weighted by atomic mass is 10.1. The quantitative estimate of drug-likeness (QED) is 0.650. The minimum absolute atomic E-state index is 0.0121. The second-order valence-electron chi connectivity index (χ2n) is 4.26. The molecule has 0 bridgehead atoms. The van der Waals surface area contributed by atoms with Gasteiger partial charge in [0.05, 0.1) is 4.92 Å². The minimum Gasteiger partial charge on any atom is -0.476 e. The summed E-state index contributed by atoms with van der Waals surface area (Å²) in [6.07, 6.45) is 0.411. The van der Waals surface area contributed by atoms with Gasteiger partial charge in [0.1, 0.15) is 0 Å². The Hall–Kier alpha value is -3.03. The molecule has 0 spiro atoms. The summed E-state index contributed by atoms with van der Waals surface area (Å²) in [5.41, 5.74) is 0.164. The number of benzene rings is 1. The number of aromatic carboxylic acids is 1. The van der Waals surface area contributed by atoms with Crippen molar-refractivity contribution in [3.05, 3.63) is 68.1 Å². The number of nitro groups is 1. The molecular weight excluding hydrogens is 278 g/mol. The monoisotopic (exact) mass is 289 g/mol. The van der Waals surface area contributed by atoms with E-state index in [9.17, 15) is 19.7 Å². The van der Waals surface area contributed by atoms with Gasteiger partial charge >= 0.3 is 5.97 Å². The molecule has 0 saturated carbocycles. The summed E-state index contributed by atoms with van der Waals surface area (Å²) in [4.78, 5) is 32.4. The van der Waals surface area contributed by atoms with E-state index >= 15 is 0 Å². The van der Waals surface area contributed by atoms with Crippen molar-refractivity contribution in [2.75, 3.05) is 0 Å². The van der Waals surface area contributed by atoms with E-state index in [0.717, 1.165) is 22.4 Å². The summed E-state index contributed by atoms with van der Waals surface area (Å²) in [7, 11) is 0. The van der Waals surface area contributed by atoms with E-state index in [1.165, 1.54) is 12.1 Å². The van der Waals surface area contributed by atoms with Gasteiger partial charge in [-0.1, -0.05) is 12.1 Å². The number of aryl methyl sites for hydroxylation is 2. The van der Waals surface area contributed by atoms with Crippen LogP contribution in [0.2, 0.25) is 0 Å². The second-order valence-corrected chi connectivity index (χ2v) is 4.26. The van der Waals surface area contributed by atoms with Crippen molar-refractivity contribution in [1.29, 1.82) is 0 Å². The van der Waals surface area contributed by atoms with Crippen LogP contribution in [-0.4, -0.2) is 25.8 Å². The van der Waals surface area contributed by atoms with Crippen LogP contribution in [0.1, 0.15) is 16.1 Å². The Balaban J connectivity index is 2.12. The summed E-state index contributed by atoms with van der Waals surface area (Å²) in [6, 6.07) is 8.21. The largest absolute Gasteiger partial charge is 0.476 e. The molecule has 0 unspecified atom stereocenters. The van der Waals surface area contributed by atoms with Crippen LogP contribution in [0.4, 0.5) is 5.69 Å². The molecule has 0 saturated heterocycles. The van der Waals surface area contributed by atoms with Crippen molar-refractivity contribution >= 4 is 11.7 Å². The molecular formula is C13H11N3O5. The molecule has 1 heterocycles. The van der Waals surface area contributed by atoms with Crippen LogP contribution in [0.15, 0.2) is 41.2 Å². The molecule has 1 aromatic carbocycles. The maximum atomic E-state index is 11.6. The first-order valence-electron chi connectivity index (χ1n) is 6.02. The lowest BCUT2D eigenvalue weighted by Crippen LogP contribution is -2.25. The molecule has 0 aliphatic rings. The van der Waals surface area contributed by atoms with Crippen molar-refractivity contribution in [2.45, 2.75) is 13.0 Å². The Bertz CT molecular complexity index is 736. The van der Waals surface area contributed by atoms with Crippen molar-refractivity contribution in [1.82, 2.24) is 9.78 Å². The van der Waals surface area contributed by atoms with E-state index in [1.54, 1.807) is 12.1 Å². The third kappa shape index (κ3) is 3.50. The maximum Gasteiger partial charge on any atom is 0.356 e. The number of nitro benzene ring substituents is 1. The molecule has 108 valence electrons. The zero-order valence-electron chi connectivity index (χ0n) is 10.8. The van der Waals surface area contributed by atoms with Crippen molar-refractivity contribution in [2.24, 2.45) is 0 Å². The number of nitrogens with zero attached hydrogens (tertiary/aromatic N) is 3. The van der Waals surface area contributed by atoms with Crippen molar-refractivity contribution in [3.63, 3.8) is 0 Å². The van der Waals surface area contributed by atoms with Gasteiger partial charge in [0.25, 0.3) is 11.2 Å². The number of hydrogen-bond acceptors (Lipinski definition) is 5. The third-order valence-corrected chi connectivity index (χ3v) is 2.85. The molecule has 0 amide bonds. The highest BCUT2D eigenvalue weighted by Crippen LogP contribution is 2.12. The van der Waals surface area contributed by atoms with Crippen LogP contribution in [0.5, 0.6) is 0 Å². The standard InChI is InChI=1S/C13H11N3O5/c17-12-6-5-11(13(18)19)14-15(12)8-7-9-1-3-10(4-2-9)16(20)21/h1-6H,7-8H2,(H,18,19). The highest BCUT2D eigenvalue weighted by Gasteiger charge is 2.08. The van der Waals surface area contributed by atoms with E-state index in [2.05, 4.69) is 5.10 Å². The maximum absolute atomic E-state index is 11.6. The Morgan fingerprint density at radius 3 is 2.48 bits per heavy atom. The first-order valence-corrected chi connectivity index (χ1v) is 6.02. The van der Waals surface area contributed by atoms with Gasteiger partial charge in [0.15, 0.2) is 5.69 Å². The first kappa shape index (κ1) is 14.4. The molecule has 1 N–H and O–H groups in total. The zero-order valence-corrected chi connectivity index (χ0v) is 10.8. The van der Waals surface area contributed by atoms with Gasteiger partial charge in [-0.05, 0) is 18.1 Å². The van der Waals surface area contributed by atoms with Crippen molar-refractivity contribution < 1.29 is 14.8 Å². The Morgan fingerprint density at radius 1 is 1.24 bits per heavy atom. The van der Waals surface area contributed by atoms with E-state index < -0.39 is 16.5 Å². The van der Waals surface area contributed by atoms with Crippen LogP contribution >= 0.6 is 0 Å². The summed E-state index contributed by atoms with van der Waals surface area (Å²) in [5.74, 6) is -1.21. The fourth-order valence-corrected chi connectivity index (χ4v) is 1.74. The smallest absolute Gasteiger partial charge is 0.356 e. The summed E-state index contributed by atoms with van der Waals surface area (Å²) >= 11 is 0. The molecule has 8 nitrogen and oxygen atoms in total. The van der Waals surface area contributed by atoms with Crippen LogP contribution in [0.3, 0.4) is 0 Å².